The molecule has 112 valence electrons. The van der Waals surface area contributed by atoms with Crippen molar-refractivity contribution >= 4 is 5.78 Å². The van der Waals surface area contributed by atoms with Gasteiger partial charge >= 0.3 is 0 Å². The molecule has 0 bridgehead atoms. The summed E-state index contributed by atoms with van der Waals surface area (Å²) in [6, 6.07) is 6.05. The summed E-state index contributed by atoms with van der Waals surface area (Å²) in [4.78, 5) is 14.3. The van der Waals surface area contributed by atoms with Crippen molar-refractivity contribution in [1.82, 2.24) is 4.90 Å². The summed E-state index contributed by atoms with van der Waals surface area (Å²) in [6.07, 6.45) is 0. The van der Waals surface area contributed by atoms with E-state index in [1.54, 1.807) is 32.9 Å². The van der Waals surface area contributed by atoms with E-state index in [2.05, 4.69) is 0 Å². The number of carbonyl (C=O) groups excluding carboxylic acids is 1. The number of benzene rings is 1. The highest BCUT2D eigenvalue weighted by Gasteiger charge is 2.23. The lowest BCUT2D eigenvalue weighted by Crippen LogP contribution is -2.41. The van der Waals surface area contributed by atoms with E-state index in [9.17, 15) is 14.3 Å². The van der Waals surface area contributed by atoms with Crippen molar-refractivity contribution in [3.8, 4) is 0 Å². The lowest BCUT2D eigenvalue weighted by Gasteiger charge is -2.29. The predicted molar refractivity (Wildman–Crippen MR) is 78.3 cm³/mol. The highest BCUT2D eigenvalue weighted by atomic mass is 19.1. The molecule has 0 saturated heterocycles. The van der Waals surface area contributed by atoms with Crippen LogP contribution in [-0.4, -0.2) is 41.0 Å². The van der Waals surface area contributed by atoms with E-state index in [1.165, 1.54) is 12.1 Å². The smallest absolute Gasteiger partial charge is 0.169 e. The van der Waals surface area contributed by atoms with Crippen LogP contribution in [-0.2, 0) is 0 Å². The molecular weight excluding hydrogens is 257 g/mol. The standard InChI is InChI=1S/C16H24FNO2/c1-5-18(11-16(3,4)20)10-12(2)15(19)13-8-6-7-9-14(13)17/h6-9,12,20H,5,10-11H2,1-4H3. The number of halogens is 1. The number of hydrogen-bond donors (Lipinski definition) is 1. The zero-order chi connectivity index (χ0) is 15.3. The Balaban J connectivity index is 2.72. The second kappa shape index (κ2) is 6.95. The molecule has 4 heteroatoms. The summed E-state index contributed by atoms with van der Waals surface area (Å²) >= 11 is 0. The van der Waals surface area contributed by atoms with Crippen LogP contribution in [0, 0.1) is 11.7 Å². The van der Waals surface area contributed by atoms with Crippen LogP contribution in [0.25, 0.3) is 0 Å². The lowest BCUT2D eigenvalue weighted by atomic mass is 9.97. The molecule has 0 heterocycles. The average Bonchev–Trinajstić information content (AvgIpc) is 2.36. The molecule has 0 aliphatic heterocycles. The Bertz CT molecular complexity index is 454. The number of hydrogen-bond acceptors (Lipinski definition) is 3. The van der Waals surface area contributed by atoms with Gasteiger partial charge in [0, 0.05) is 19.0 Å². The van der Waals surface area contributed by atoms with Crippen molar-refractivity contribution in [3.05, 3.63) is 35.6 Å². The summed E-state index contributed by atoms with van der Waals surface area (Å²) in [6.45, 7) is 8.97. The van der Waals surface area contributed by atoms with Gasteiger partial charge in [0.15, 0.2) is 5.78 Å². The van der Waals surface area contributed by atoms with Crippen LogP contribution in [0.5, 0.6) is 0 Å². The average molecular weight is 281 g/mol. The van der Waals surface area contributed by atoms with Gasteiger partial charge in [0.05, 0.1) is 11.2 Å². The number of carbonyl (C=O) groups is 1. The molecule has 0 spiro atoms. The summed E-state index contributed by atoms with van der Waals surface area (Å²) in [5.74, 6) is -0.985. The molecule has 1 unspecified atom stereocenters. The third kappa shape index (κ3) is 5.02. The van der Waals surface area contributed by atoms with Gasteiger partial charge in [-0.1, -0.05) is 26.0 Å². The first-order chi connectivity index (χ1) is 9.24. The van der Waals surface area contributed by atoms with Gasteiger partial charge in [-0.25, -0.2) is 4.39 Å². The van der Waals surface area contributed by atoms with Crippen LogP contribution in [0.1, 0.15) is 38.1 Å². The fraction of sp³-hybridized carbons (Fsp3) is 0.562. The summed E-state index contributed by atoms with van der Waals surface area (Å²) in [7, 11) is 0. The van der Waals surface area contributed by atoms with Gasteiger partial charge in [-0.3, -0.25) is 4.79 Å². The molecule has 1 N–H and O–H groups in total. The van der Waals surface area contributed by atoms with E-state index in [4.69, 9.17) is 0 Å². The zero-order valence-electron chi connectivity index (χ0n) is 12.7. The molecule has 0 fully saturated rings. The van der Waals surface area contributed by atoms with Crippen LogP contribution in [0.3, 0.4) is 0 Å². The van der Waals surface area contributed by atoms with Gasteiger partial charge < -0.3 is 10.0 Å². The third-order valence-corrected chi connectivity index (χ3v) is 3.18. The highest BCUT2D eigenvalue weighted by Crippen LogP contribution is 2.15. The Morgan fingerprint density at radius 2 is 2.00 bits per heavy atom. The normalized spacial score (nSPS) is 13.6. The number of Topliss-reactive ketones (excluding diaryl/α,β-unsaturated/α-hetero) is 1. The minimum Gasteiger partial charge on any atom is -0.389 e. The topological polar surface area (TPSA) is 40.5 Å². The molecule has 0 amide bonds. The molecule has 0 radical (unpaired) electrons. The van der Waals surface area contributed by atoms with Crippen molar-refractivity contribution in [2.24, 2.45) is 5.92 Å². The molecule has 1 atom stereocenters. The fourth-order valence-corrected chi connectivity index (χ4v) is 2.25. The Labute approximate surface area is 120 Å². The van der Waals surface area contributed by atoms with Gasteiger partial charge in [-0.2, -0.15) is 0 Å². The van der Waals surface area contributed by atoms with E-state index in [0.717, 1.165) is 6.54 Å². The van der Waals surface area contributed by atoms with Crippen LogP contribution >= 0.6 is 0 Å². The van der Waals surface area contributed by atoms with Gasteiger partial charge in [0.1, 0.15) is 5.82 Å². The lowest BCUT2D eigenvalue weighted by molar-refractivity contribution is 0.0329. The van der Waals surface area contributed by atoms with E-state index in [0.29, 0.717) is 13.1 Å². The maximum absolute atomic E-state index is 13.6. The predicted octanol–water partition coefficient (Wildman–Crippen LogP) is 2.74. The molecular formula is C16H24FNO2. The quantitative estimate of drug-likeness (QED) is 0.781. The van der Waals surface area contributed by atoms with E-state index < -0.39 is 11.4 Å². The SMILES string of the molecule is CCN(CC(C)C(=O)c1ccccc1F)CC(C)(C)O. The Morgan fingerprint density at radius 1 is 1.40 bits per heavy atom. The van der Waals surface area contributed by atoms with Gasteiger partial charge in [-0.05, 0) is 32.5 Å². The van der Waals surface area contributed by atoms with Crippen LogP contribution in [0.2, 0.25) is 0 Å². The van der Waals surface area contributed by atoms with Crippen molar-refractivity contribution in [1.29, 1.82) is 0 Å². The monoisotopic (exact) mass is 281 g/mol. The number of likely N-dealkylation sites (N-methyl/N-ethyl adjacent to an activating group) is 1. The maximum Gasteiger partial charge on any atom is 0.169 e. The minimum atomic E-state index is -0.809. The second-order valence-corrected chi connectivity index (χ2v) is 5.89. The molecule has 20 heavy (non-hydrogen) atoms. The molecule has 3 nitrogen and oxygen atoms in total. The first-order valence-corrected chi connectivity index (χ1v) is 6.98. The summed E-state index contributed by atoms with van der Waals surface area (Å²) < 4.78 is 13.6. The fourth-order valence-electron chi connectivity index (χ4n) is 2.25. The molecule has 1 rings (SSSR count). The van der Waals surface area contributed by atoms with Crippen molar-refractivity contribution < 1.29 is 14.3 Å². The third-order valence-electron chi connectivity index (χ3n) is 3.18. The van der Waals surface area contributed by atoms with Crippen LogP contribution in [0.15, 0.2) is 24.3 Å². The number of aliphatic hydroxyl groups is 1. The molecule has 0 saturated carbocycles. The molecule has 1 aromatic rings. The van der Waals surface area contributed by atoms with Crippen molar-refractivity contribution in [2.75, 3.05) is 19.6 Å². The van der Waals surface area contributed by atoms with Crippen LogP contribution in [0.4, 0.5) is 4.39 Å². The van der Waals surface area contributed by atoms with Gasteiger partial charge in [0.25, 0.3) is 0 Å². The van der Waals surface area contributed by atoms with E-state index >= 15 is 0 Å². The summed E-state index contributed by atoms with van der Waals surface area (Å²) in [5.41, 5.74) is -0.671. The van der Waals surface area contributed by atoms with Crippen LogP contribution < -0.4 is 0 Å². The molecule has 0 aliphatic carbocycles. The van der Waals surface area contributed by atoms with Gasteiger partial charge in [0.2, 0.25) is 0 Å². The first-order valence-electron chi connectivity index (χ1n) is 6.98. The maximum atomic E-state index is 13.6. The van der Waals surface area contributed by atoms with E-state index in [1.807, 2.05) is 11.8 Å². The highest BCUT2D eigenvalue weighted by molar-refractivity contribution is 5.98. The van der Waals surface area contributed by atoms with Crippen molar-refractivity contribution in [3.63, 3.8) is 0 Å². The zero-order valence-corrected chi connectivity index (χ0v) is 12.7. The molecule has 0 aliphatic rings. The Morgan fingerprint density at radius 3 is 2.50 bits per heavy atom. The minimum absolute atomic E-state index is 0.138. The Kier molecular flexibility index (Phi) is 5.84. The number of rotatable bonds is 7. The largest absolute Gasteiger partial charge is 0.389 e. The Hall–Kier alpha value is -1.26. The first kappa shape index (κ1) is 16.8. The summed E-state index contributed by atoms with van der Waals surface area (Å²) in [5, 5.41) is 9.85. The molecule has 0 aromatic heterocycles. The number of nitrogens with zero attached hydrogens (tertiary/aromatic N) is 1. The van der Waals surface area contributed by atoms with Gasteiger partial charge in [-0.15, -0.1) is 0 Å². The van der Waals surface area contributed by atoms with E-state index in [-0.39, 0.29) is 17.3 Å². The van der Waals surface area contributed by atoms with Crippen molar-refractivity contribution in [2.45, 2.75) is 33.3 Å². The number of ketones is 1. The molecule has 1 aromatic carbocycles. The second-order valence-electron chi connectivity index (χ2n) is 5.89.